The second kappa shape index (κ2) is 18.8. The highest BCUT2D eigenvalue weighted by Crippen LogP contribution is 2.41. The van der Waals surface area contributed by atoms with Gasteiger partial charge in [-0.2, -0.15) is 0 Å². The minimum absolute atomic E-state index is 0.119. The number of esters is 2. The Hall–Kier alpha value is -4.53. The van der Waals surface area contributed by atoms with E-state index in [9.17, 15) is 9.59 Å². The smallest absolute Gasteiger partial charge is 0.323 e. The first-order valence-electron chi connectivity index (χ1n) is 17.3. The molecule has 0 amide bonds. The average molecular weight is 738 g/mol. The van der Waals surface area contributed by atoms with Gasteiger partial charge >= 0.3 is 11.9 Å². The maximum Gasteiger partial charge on any atom is 0.323 e. The number of rotatable bonds is 20. The topological polar surface area (TPSA) is 182 Å². The lowest BCUT2D eigenvalue weighted by molar-refractivity contribution is -0.146. The van der Waals surface area contributed by atoms with E-state index >= 15 is 8.96 Å². The molecule has 0 saturated heterocycles. The number of carbonyl (C=O) groups excluding carboxylic acids is 2. The van der Waals surface area contributed by atoms with Crippen LogP contribution >= 0.6 is 7.44 Å². The number of ether oxygens (including phenoxy) is 4. The molecule has 4 atom stereocenters. The number of halogens is 1. The summed E-state index contributed by atoms with van der Waals surface area (Å²) in [5.41, 5.74) is 7.98. The molecule has 4 aromatic rings. The first-order valence-corrected chi connectivity index (χ1v) is 19.2. The number of hydrogen-bond acceptors (Lipinski definition) is 11. The number of nitrogens with two attached hydrogens (primary N) is 1. The van der Waals surface area contributed by atoms with Gasteiger partial charge in [-0.05, 0) is 36.8 Å². The lowest BCUT2D eigenvalue weighted by Crippen LogP contribution is -2.46. The van der Waals surface area contributed by atoms with Gasteiger partial charge in [0.15, 0.2) is 29.8 Å². The van der Waals surface area contributed by atoms with E-state index < -0.39 is 56.2 Å². The zero-order chi connectivity index (χ0) is 36.9. The number of hydrogen-bond donors (Lipinski definition) is 3. The van der Waals surface area contributed by atoms with E-state index in [-0.39, 0.29) is 43.0 Å². The van der Waals surface area contributed by atoms with Crippen molar-refractivity contribution in [3.63, 3.8) is 0 Å². The number of unbranched alkanes of at least 4 members (excludes halogenated alkanes) is 2. The Morgan fingerprint density at radius 2 is 1.46 bits per heavy atom. The Kier molecular flexibility index (Phi) is 14.0. The van der Waals surface area contributed by atoms with Crippen LogP contribution in [-0.2, 0) is 45.9 Å². The Labute approximate surface area is 301 Å². The van der Waals surface area contributed by atoms with Crippen molar-refractivity contribution in [3.05, 3.63) is 96.3 Å². The predicted molar refractivity (Wildman–Crippen MR) is 192 cm³/mol. The molecule has 1 aliphatic heterocycles. The summed E-state index contributed by atoms with van der Waals surface area (Å²) in [4.78, 5) is 39.3. The third kappa shape index (κ3) is 10.5. The van der Waals surface area contributed by atoms with Crippen molar-refractivity contribution in [1.82, 2.24) is 29.7 Å². The fourth-order valence-corrected chi connectivity index (χ4v) is 7.44. The predicted octanol–water partition coefficient (Wildman–Crippen LogP) is 5.37. The monoisotopic (exact) mass is 737 g/mol. The molecule has 0 saturated carbocycles. The molecule has 2 unspecified atom stereocenters. The lowest BCUT2D eigenvalue weighted by atomic mass is 10.1. The van der Waals surface area contributed by atoms with Crippen molar-refractivity contribution >= 4 is 36.4 Å². The summed E-state index contributed by atoms with van der Waals surface area (Å²) >= 11 is 0. The third-order valence-corrected chi connectivity index (χ3v) is 10.2. The second-order valence-electron chi connectivity index (χ2n) is 12.3. The van der Waals surface area contributed by atoms with Gasteiger partial charge in [0.05, 0.1) is 19.5 Å². The normalized spacial score (nSPS) is 18.0. The molecule has 2 aromatic carbocycles. The number of nitrogens with one attached hydrogen (secondary N) is 2. The highest BCUT2D eigenvalue weighted by atomic mass is 31.2. The molecule has 0 fully saturated rings. The molecule has 0 aliphatic carbocycles. The molecular formula is C36H45FN7O7P. The molecule has 0 radical (unpaired) electrons. The van der Waals surface area contributed by atoms with Crippen LogP contribution in [0.4, 0.5) is 10.2 Å². The summed E-state index contributed by atoms with van der Waals surface area (Å²) in [7, 11) is -4.10. The van der Waals surface area contributed by atoms with Crippen molar-refractivity contribution in [2.45, 2.75) is 77.0 Å². The van der Waals surface area contributed by atoms with E-state index in [1.807, 2.05) is 74.5 Å². The van der Waals surface area contributed by atoms with Gasteiger partial charge in [0.25, 0.3) is 0 Å². The van der Waals surface area contributed by atoms with Gasteiger partial charge in [0.2, 0.25) is 7.44 Å². The van der Waals surface area contributed by atoms with Gasteiger partial charge < -0.3 is 24.7 Å². The van der Waals surface area contributed by atoms with Gasteiger partial charge in [-0.1, -0.05) is 87.4 Å². The number of nitrogens with zero attached hydrogens (tertiary/aromatic N) is 4. The Morgan fingerprint density at radius 1 is 0.904 bits per heavy atom. The average Bonchev–Trinajstić information content (AvgIpc) is 3.75. The van der Waals surface area contributed by atoms with Gasteiger partial charge in [-0.3, -0.25) is 18.7 Å². The van der Waals surface area contributed by atoms with E-state index in [1.165, 1.54) is 17.2 Å². The van der Waals surface area contributed by atoms with Crippen LogP contribution in [0, 0.1) is 0 Å². The molecule has 0 spiro atoms. The first kappa shape index (κ1) is 38.7. The fraction of sp³-hybridized carbons (Fsp3) is 0.417. The van der Waals surface area contributed by atoms with Gasteiger partial charge in [0, 0.05) is 6.08 Å². The Balaban J connectivity index is 1.42. The molecular weight excluding hydrogens is 692 g/mol. The highest BCUT2D eigenvalue weighted by molar-refractivity contribution is 7.59. The van der Waals surface area contributed by atoms with Crippen LogP contribution in [0.3, 0.4) is 0 Å². The van der Waals surface area contributed by atoms with Gasteiger partial charge in [-0.25, -0.2) is 29.5 Å². The fourth-order valence-electron chi connectivity index (χ4n) is 5.46. The largest absolute Gasteiger partial charge is 0.465 e. The standard InChI is InChI=1S/C36H45FN7O7P/c1-3-5-17-48-35(45)28(19-25-13-9-7-10-14-25)42-52(47,43-29(36(46)49-18-6-4-2)20-26-15-11-8-12-16-26)24-50-30-21-27(37)34(51-30)44-23-41-31-32(38)39-22-40-33(31)44/h7-16,21-23,28-30,34H,3-6,17-20,24H2,1-2H3,(H2,38,39,40)(H2,42,43,47)/t28?,29?,30-,34+,52?/m0/s1. The number of fused-ring (bicyclic) bond motifs is 1. The zero-order valence-corrected chi connectivity index (χ0v) is 30.1. The maximum absolute atomic E-state index is 15.4. The SMILES string of the molecule is CCCCOC(=O)C(Cc1ccccc1)NP(=O)(CO[C@@H]1C=C(F)[C@H](n2cnc3c(N)ncnc32)O1)NC(Cc1ccccc1)C(=O)OCCCC. The number of aromatic nitrogens is 4. The second-order valence-corrected chi connectivity index (χ2v) is 14.6. The van der Waals surface area contributed by atoms with E-state index in [1.54, 1.807) is 0 Å². The summed E-state index contributed by atoms with van der Waals surface area (Å²) < 4.78 is 54.7. The van der Waals surface area contributed by atoms with Crippen molar-refractivity contribution < 1.29 is 37.5 Å². The molecule has 0 bridgehead atoms. The number of carbonyl (C=O) groups is 2. The minimum Gasteiger partial charge on any atom is -0.465 e. The molecule has 1 aliphatic rings. The third-order valence-electron chi connectivity index (χ3n) is 8.20. The zero-order valence-electron chi connectivity index (χ0n) is 29.2. The number of benzene rings is 2. The number of anilines is 1. The van der Waals surface area contributed by atoms with E-state index in [2.05, 4.69) is 25.1 Å². The minimum atomic E-state index is -4.10. The Bertz CT molecular complexity index is 1770. The van der Waals surface area contributed by atoms with E-state index in [4.69, 9.17) is 24.7 Å². The molecule has 4 N–H and O–H groups in total. The first-order chi connectivity index (χ1) is 25.2. The van der Waals surface area contributed by atoms with Crippen LogP contribution < -0.4 is 15.9 Å². The van der Waals surface area contributed by atoms with Crippen LogP contribution in [-0.4, -0.2) is 69.4 Å². The molecule has 14 nitrogen and oxygen atoms in total. The lowest BCUT2D eigenvalue weighted by Gasteiger charge is -2.30. The number of imidazole rings is 1. The van der Waals surface area contributed by atoms with Crippen LogP contribution in [0.5, 0.6) is 0 Å². The van der Waals surface area contributed by atoms with Crippen molar-refractivity contribution in [1.29, 1.82) is 0 Å². The summed E-state index contributed by atoms with van der Waals surface area (Å²) in [5, 5.41) is 5.94. The van der Waals surface area contributed by atoms with Crippen LogP contribution in [0.2, 0.25) is 0 Å². The molecule has 52 heavy (non-hydrogen) atoms. The van der Waals surface area contributed by atoms with Crippen LogP contribution in [0.1, 0.15) is 56.9 Å². The molecule has 3 heterocycles. The highest BCUT2D eigenvalue weighted by Gasteiger charge is 2.38. The molecule has 2 aromatic heterocycles. The summed E-state index contributed by atoms with van der Waals surface area (Å²) in [6.07, 6.45) is 3.56. The summed E-state index contributed by atoms with van der Waals surface area (Å²) in [6.45, 7) is 4.30. The van der Waals surface area contributed by atoms with Crippen LogP contribution in [0.25, 0.3) is 11.2 Å². The molecule has 5 rings (SSSR count). The van der Waals surface area contributed by atoms with Gasteiger partial charge in [0.1, 0.15) is 30.3 Å². The van der Waals surface area contributed by atoms with Gasteiger partial charge in [-0.15, -0.1) is 0 Å². The Morgan fingerprint density at radius 3 is 2.00 bits per heavy atom. The summed E-state index contributed by atoms with van der Waals surface area (Å²) in [6, 6.07) is 16.1. The van der Waals surface area contributed by atoms with E-state index in [0.29, 0.717) is 12.8 Å². The molecule has 278 valence electrons. The van der Waals surface area contributed by atoms with Crippen molar-refractivity contribution in [2.24, 2.45) is 0 Å². The van der Waals surface area contributed by atoms with E-state index in [0.717, 1.165) is 30.0 Å². The van der Waals surface area contributed by atoms with Crippen molar-refractivity contribution in [3.8, 4) is 0 Å². The maximum atomic E-state index is 15.4. The summed E-state index contributed by atoms with van der Waals surface area (Å²) in [5.74, 6) is -1.84. The van der Waals surface area contributed by atoms with Crippen LogP contribution in [0.15, 0.2) is 85.2 Å². The van der Waals surface area contributed by atoms with Crippen molar-refractivity contribution in [2.75, 3.05) is 25.3 Å². The number of nitrogen functional groups attached to an aromatic ring is 1. The quantitative estimate of drug-likeness (QED) is 0.0599. The molecule has 16 heteroatoms.